The number of esters is 2. The van der Waals surface area contributed by atoms with E-state index in [1.807, 2.05) is 19.9 Å². The van der Waals surface area contributed by atoms with Gasteiger partial charge in [-0.1, -0.05) is 6.07 Å². The van der Waals surface area contributed by atoms with Gasteiger partial charge in [0.05, 0.1) is 7.11 Å². The first-order chi connectivity index (χ1) is 16.1. The fraction of sp³-hybridized carbons (Fsp3) is 0.269. The van der Waals surface area contributed by atoms with Crippen molar-refractivity contribution in [2.24, 2.45) is 0 Å². The van der Waals surface area contributed by atoms with Gasteiger partial charge >= 0.3 is 17.6 Å². The van der Waals surface area contributed by atoms with Crippen molar-refractivity contribution in [3.05, 3.63) is 70.1 Å². The molecule has 4 rings (SSSR count). The van der Waals surface area contributed by atoms with Crippen LogP contribution in [0.1, 0.15) is 31.9 Å². The van der Waals surface area contributed by atoms with Crippen LogP contribution >= 0.6 is 0 Å². The fourth-order valence-corrected chi connectivity index (χ4v) is 3.75. The number of hydrogen-bond donors (Lipinski definition) is 0. The molecule has 3 aromatic rings. The Morgan fingerprint density at radius 3 is 2.62 bits per heavy atom. The second-order valence-electron chi connectivity index (χ2n) is 8.42. The Kier molecular flexibility index (Phi) is 6.15. The highest BCUT2D eigenvalue weighted by Crippen LogP contribution is 2.37. The Balaban J connectivity index is 1.50. The molecule has 1 aliphatic heterocycles. The van der Waals surface area contributed by atoms with E-state index < -0.39 is 29.3 Å². The summed E-state index contributed by atoms with van der Waals surface area (Å²) in [5.74, 6) is 0.268. The van der Waals surface area contributed by atoms with Gasteiger partial charge in [-0.2, -0.15) is 0 Å². The molecule has 1 aliphatic rings. The zero-order chi connectivity index (χ0) is 24.5. The number of hydrogen-bond acceptors (Lipinski definition) is 8. The van der Waals surface area contributed by atoms with Crippen molar-refractivity contribution in [1.29, 1.82) is 0 Å². The first kappa shape index (κ1) is 23.1. The molecule has 0 aliphatic carbocycles. The van der Waals surface area contributed by atoms with Gasteiger partial charge in [0.25, 0.3) is 0 Å². The minimum Gasteiger partial charge on any atom is -0.493 e. The van der Waals surface area contributed by atoms with Crippen LogP contribution in [0.25, 0.3) is 17.0 Å². The zero-order valence-corrected chi connectivity index (χ0v) is 19.2. The van der Waals surface area contributed by atoms with Crippen LogP contribution in [0.4, 0.5) is 0 Å². The number of ether oxygens (including phenoxy) is 4. The topological polar surface area (TPSA) is 101 Å². The SMILES string of the molecule is COc1cc(/C=C/C(=O)OC2Cc3cc4ccc(=O)oc4cc3OC2(C)C)ccc1OC(C)=O. The van der Waals surface area contributed by atoms with Crippen LogP contribution in [0.15, 0.2) is 57.8 Å². The molecule has 34 heavy (non-hydrogen) atoms. The molecular formula is C26H24O8. The maximum Gasteiger partial charge on any atom is 0.336 e. The third kappa shape index (κ3) is 4.96. The van der Waals surface area contributed by atoms with Gasteiger partial charge in [0.15, 0.2) is 11.5 Å². The van der Waals surface area contributed by atoms with Gasteiger partial charge in [-0.25, -0.2) is 9.59 Å². The molecule has 2 aromatic carbocycles. The van der Waals surface area contributed by atoms with Crippen LogP contribution < -0.4 is 19.8 Å². The lowest BCUT2D eigenvalue weighted by Gasteiger charge is -2.39. The van der Waals surface area contributed by atoms with Crippen LogP contribution in [0.2, 0.25) is 0 Å². The molecule has 8 nitrogen and oxygen atoms in total. The predicted octanol–water partition coefficient (Wildman–Crippen LogP) is 4.07. The van der Waals surface area contributed by atoms with E-state index >= 15 is 0 Å². The number of rotatable bonds is 5. The zero-order valence-electron chi connectivity index (χ0n) is 19.2. The summed E-state index contributed by atoms with van der Waals surface area (Å²) in [7, 11) is 1.46. The molecule has 2 heterocycles. The molecule has 0 radical (unpaired) electrons. The largest absolute Gasteiger partial charge is 0.493 e. The molecule has 8 heteroatoms. The van der Waals surface area contributed by atoms with Gasteiger partial charge in [-0.05, 0) is 55.3 Å². The van der Waals surface area contributed by atoms with E-state index in [4.69, 9.17) is 23.4 Å². The van der Waals surface area contributed by atoms with Crippen molar-refractivity contribution in [3.8, 4) is 17.2 Å². The van der Waals surface area contributed by atoms with Crippen LogP contribution in [0.5, 0.6) is 17.2 Å². The van der Waals surface area contributed by atoms with E-state index in [0.717, 1.165) is 10.9 Å². The summed E-state index contributed by atoms with van der Waals surface area (Å²) < 4.78 is 27.4. The summed E-state index contributed by atoms with van der Waals surface area (Å²) in [6.07, 6.45) is 2.82. The second kappa shape index (κ2) is 9.05. The van der Waals surface area contributed by atoms with Crippen molar-refractivity contribution in [2.75, 3.05) is 7.11 Å². The number of carbonyl (C=O) groups excluding carboxylic acids is 2. The highest BCUT2D eigenvalue weighted by Gasteiger charge is 2.39. The number of methoxy groups -OCH3 is 1. The molecule has 0 N–H and O–H groups in total. The first-order valence-corrected chi connectivity index (χ1v) is 10.7. The molecular weight excluding hydrogens is 440 g/mol. The van der Waals surface area contributed by atoms with E-state index in [1.165, 1.54) is 26.2 Å². The average molecular weight is 464 g/mol. The standard InChI is InChI=1S/C26H24O8/c1-15(27)31-19-8-5-16(11-22(19)30-4)6-9-25(29)33-23-13-18-12-17-7-10-24(28)32-20(17)14-21(18)34-26(23,2)3/h5-12,14,23H,13H2,1-4H3/b9-6+. The Morgan fingerprint density at radius 1 is 1.09 bits per heavy atom. The average Bonchev–Trinajstić information content (AvgIpc) is 2.77. The third-order valence-corrected chi connectivity index (χ3v) is 5.47. The minimum atomic E-state index is -0.797. The Hall–Kier alpha value is -4.07. The molecule has 1 unspecified atom stereocenters. The van der Waals surface area contributed by atoms with Gasteiger partial charge in [0.1, 0.15) is 23.0 Å². The summed E-state index contributed by atoms with van der Waals surface area (Å²) in [4.78, 5) is 35.3. The maximum atomic E-state index is 12.6. The lowest BCUT2D eigenvalue weighted by atomic mass is 9.90. The normalized spacial score (nSPS) is 16.5. The maximum absolute atomic E-state index is 12.6. The lowest BCUT2D eigenvalue weighted by molar-refractivity contribution is -0.155. The van der Waals surface area contributed by atoms with Crippen LogP contribution in [-0.4, -0.2) is 30.8 Å². The first-order valence-electron chi connectivity index (χ1n) is 10.7. The summed E-state index contributed by atoms with van der Waals surface area (Å²) in [5.41, 5.74) is 0.736. The molecule has 0 bridgehead atoms. The number of carbonyl (C=O) groups is 2. The van der Waals surface area contributed by atoms with Gasteiger partial charge in [0, 0.05) is 36.9 Å². The minimum absolute atomic E-state index is 0.293. The number of benzene rings is 2. The summed E-state index contributed by atoms with van der Waals surface area (Å²) >= 11 is 0. The lowest BCUT2D eigenvalue weighted by Crippen LogP contribution is -2.48. The van der Waals surface area contributed by atoms with E-state index in [9.17, 15) is 14.4 Å². The Bertz CT molecular complexity index is 1350. The molecule has 176 valence electrons. The van der Waals surface area contributed by atoms with Crippen LogP contribution in [-0.2, 0) is 20.7 Å². The van der Waals surface area contributed by atoms with E-state index in [0.29, 0.717) is 34.8 Å². The van der Waals surface area contributed by atoms with Gasteiger partial charge in [-0.15, -0.1) is 0 Å². The Labute approximate surface area is 195 Å². The summed E-state index contributed by atoms with van der Waals surface area (Å²) in [6, 6.07) is 11.5. The summed E-state index contributed by atoms with van der Waals surface area (Å²) in [5, 5.41) is 0.762. The molecule has 0 amide bonds. The van der Waals surface area contributed by atoms with Crippen molar-refractivity contribution in [2.45, 2.75) is 38.9 Å². The monoisotopic (exact) mass is 464 g/mol. The molecule has 0 fully saturated rings. The van der Waals surface area contributed by atoms with Gasteiger partial charge in [0.2, 0.25) is 0 Å². The highest BCUT2D eigenvalue weighted by atomic mass is 16.6. The van der Waals surface area contributed by atoms with Crippen molar-refractivity contribution >= 4 is 29.0 Å². The van der Waals surface area contributed by atoms with Gasteiger partial charge in [-0.3, -0.25) is 4.79 Å². The highest BCUT2D eigenvalue weighted by molar-refractivity contribution is 5.87. The van der Waals surface area contributed by atoms with Crippen molar-refractivity contribution < 1.29 is 33.0 Å². The van der Waals surface area contributed by atoms with Crippen LogP contribution in [0.3, 0.4) is 0 Å². The van der Waals surface area contributed by atoms with E-state index in [2.05, 4.69) is 0 Å². The van der Waals surface area contributed by atoms with Crippen LogP contribution in [0, 0.1) is 0 Å². The third-order valence-electron chi connectivity index (χ3n) is 5.47. The van der Waals surface area contributed by atoms with Gasteiger partial charge < -0.3 is 23.4 Å². The molecule has 1 aromatic heterocycles. The fourth-order valence-electron chi connectivity index (χ4n) is 3.75. The van der Waals surface area contributed by atoms with Crippen molar-refractivity contribution in [1.82, 2.24) is 0 Å². The predicted molar refractivity (Wildman–Crippen MR) is 124 cm³/mol. The molecule has 1 atom stereocenters. The molecule has 0 spiro atoms. The van der Waals surface area contributed by atoms with Crippen molar-refractivity contribution in [3.63, 3.8) is 0 Å². The quantitative estimate of drug-likeness (QED) is 0.241. The number of fused-ring (bicyclic) bond motifs is 2. The van der Waals surface area contributed by atoms with E-state index in [1.54, 1.807) is 36.4 Å². The second-order valence-corrected chi connectivity index (χ2v) is 8.42. The van der Waals surface area contributed by atoms with E-state index in [-0.39, 0.29) is 0 Å². The molecule has 0 saturated carbocycles. The smallest absolute Gasteiger partial charge is 0.336 e. The Morgan fingerprint density at radius 2 is 1.88 bits per heavy atom. The summed E-state index contributed by atoms with van der Waals surface area (Å²) in [6.45, 7) is 4.97. The molecule has 0 saturated heterocycles.